The van der Waals surface area contributed by atoms with Crippen molar-refractivity contribution in [2.75, 3.05) is 13.2 Å². The Hall–Kier alpha value is -1.79. The normalized spacial score (nSPS) is 23.9. The Balaban J connectivity index is 2.52. The molecule has 3 unspecified atom stereocenters. The van der Waals surface area contributed by atoms with E-state index in [2.05, 4.69) is 5.32 Å². The highest BCUT2D eigenvalue weighted by Gasteiger charge is 2.33. The number of amides is 2. The van der Waals surface area contributed by atoms with Crippen LogP contribution in [-0.4, -0.2) is 53.2 Å². The van der Waals surface area contributed by atoms with E-state index >= 15 is 0 Å². The van der Waals surface area contributed by atoms with Gasteiger partial charge in [0.2, 0.25) is 0 Å². The van der Waals surface area contributed by atoms with E-state index in [1.165, 1.54) is 0 Å². The van der Waals surface area contributed by atoms with Crippen molar-refractivity contribution < 1.29 is 24.2 Å². The SMILES string of the molecule is CCOC(=O)C(C)NC(=O)N1CCC(C(=O)O)CC1C. The molecule has 7 nitrogen and oxygen atoms in total. The van der Waals surface area contributed by atoms with Crippen LogP contribution in [0.2, 0.25) is 0 Å². The van der Waals surface area contributed by atoms with Gasteiger partial charge in [-0.1, -0.05) is 0 Å². The third kappa shape index (κ3) is 4.11. The molecule has 2 amide bonds. The van der Waals surface area contributed by atoms with Crippen molar-refractivity contribution in [2.24, 2.45) is 5.92 Å². The zero-order chi connectivity index (χ0) is 15.3. The zero-order valence-electron chi connectivity index (χ0n) is 12.1. The van der Waals surface area contributed by atoms with Gasteiger partial charge in [-0.15, -0.1) is 0 Å². The minimum absolute atomic E-state index is 0.167. The maximum absolute atomic E-state index is 12.1. The fourth-order valence-electron chi connectivity index (χ4n) is 2.29. The van der Waals surface area contributed by atoms with Gasteiger partial charge < -0.3 is 20.1 Å². The van der Waals surface area contributed by atoms with Crippen molar-refractivity contribution >= 4 is 18.0 Å². The predicted molar refractivity (Wildman–Crippen MR) is 71.2 cm³/mol. The standard InChI is InChI=1S/C13H22N2O5/c1-4-20-12(18)9(3)14-13(19)15-6-5-10(11(16)17)7-8(15)2/h8-10H,4-7H2,1-3H3,(H,14,19)(H,16,17). The lowest BCUT2D eigenvalue weighted by Crippen LogP contribution is -2.53. The van der Waals surface area contributed by atoms with Gasteiger partial charge >= 0.3 is 18.0 Å². The fraction of sp³-hybridized carbons (Fsp3) is 0.769. The lowest BCUT2D eigenvalue weighted by Gasteiger charge is -2.36. The molecule has 1 saturated heterocycles. The van der Waals surface area contributed by atoms with Crippen LogP contribution in [0.15, 0.2) is 0 Å². The van der Waals surface area contributed by atoms with Gasteiger partial charge in [0.1, 0.15) is 6.04 Å². The molecule has 7 heteroatoms. The molecular weight excluding hydrogens is 264 g/mol. The Labute approximate surface area is 118 Å². The number of esters is 1. The van der Waals surface area contributed by atoms with Crippen LogP contribution in [0.1, 0.15) is 33.6 Å². The van der Waals surface area contributed by atoms with Gasteiger partial charge in [-0.2, -0.15) is 0 Å². The fourth-order valence-corrected chi connectivity index (χ4v) is 2.29. The number of carboxylic acids is 1. The van der Waals surface area contributed by atoms with Crippen molar-refractivity contribution in [1.82, 2.24) is 10.2 Å². The molecule has 1 aliphatic rings. The molecule has 1 fully saturated rings. The first-order valence-electron chi connectivity index (χ1n) is 6.83. The van der Waals surface area contributed by atoms with Gasteiger partial charge in [0.05, 0.1) is 12.5 Å². The first-order chi connectivity index (χ1) is 9.36. The Bertz CT molecular complexity index is 385. The van der Waals surface area contributed by atoms with E-state index in [1.54, 1.807) is 18.7 Å². The average molecular weight is 286 g/mol. The summed E-state index contributed by atoms with van der Waals surface area (Å²) in [7, 11) is 0. The van der Waals surface area contributed by atoms with Crippen LogP contribution < -0.4 is 5.32 Å². The van der Waals surface area contributed by atoms with Gasteiger partial charge in [-0.25, -0.2) is 9.59 Å². The average Bonchev–Trinajstić information content (AvgIpc) is 2.38. The highest BCUT2D eigenvalue weighted by molar-refractivity contribution is 5.83. The molecule has 0 aromatic carbocycles. The quantitative estimate of drug-likeness (QED) is 0.746. The number of piperidine rings is 1. The molecular formula is C13H22N2O5. The molecule has 0 radical (unpaired) electrons. The van der Waals surface area contributed by atoms with E-state index in [0.29, 0.717) is 19.4 Å². The molecule has 114 valence electrons. The molecule has 0 aliphatic carbocycles. The summed E-state index contributed by atoms with van der Waals surface area (Å²) in [4.78, 5) is 36.0. The van der Waals surface area contributed by atoms with Crippen LogP contribution in [0.25, 0.3) is 0 Å². The van der Waals surface area contributed by atoms with E-state index in [-0.39, 0.29) is 18.7 Å². The molecule has 0 aromatic heterocycles. The van der Waals surface area contributed by atoms with Gasteiger partial charge in [0, 0.05) is 12.6 Å². The number of nitrogens with one attached hydrogen (secondary N) is 1. The first kappa shape index (κ1) is 16.3. The largest absolute Gasteiger partial charge is 0.481 e. The molecule has 2 N–H and O–H groups in total. The molecule has 0 spiro atoms. The summed E-state index contributed by atoms with van der Waals surface area (Å²) in [6.45, 7) is 5.71. The third-order valence-electron chi connectivity index (χ3n) is 3.47. The number of ether oxygens (including phenoxy) is 1. The smallest absolute Gasteiger partial charge is 0.328 e. The molecule has 0 saturated carbocycles. The molecule has 1 rings (SSSR count). The monoisotopic (exact) mass is 286 g/mol. The summed E-state index contributed by atoms with van der Waals surface area (Å²) in [5.41, 5.74) is 0. The molecule has 0 bridgehead atoms. The first-order valence-corrected chi connectivity index (χ1v) is 6.83. The Kier molecular flexibility index (Phi) is 5.79. The Morgan fingerprint density at radius 2 is 2.10 bits per heavy atom. The third-order valence-corrected chi connectivity index (χ3v) is 3.47. The maximum atomic E-state index is 12.1. The van der Waals surface area contributed by atoms with Crippen LogP contribution >= 0.6 is 0 Å². The van der Waals surface area contributed by atoms with E-state index in [0.717, 1.165) is 0 Å². The molecule has 1 aliphatic heterocycles. The number of hydrogen-bond acceptors (Lipinski definition) is 4. The predicted octanol–water partition coefficient (Wildman–Crippen LogP) is 0.833. The topological polar surface area (TPSA) is 95.9 Å². The summed E-state index contributed by atoms with van der Waals surface area (Å²) in [6.07, 6.45) is 0.859. The Morgan fingerprint density at radius 3 is 2.60 bits per heavy atom. The summed E-state index contributed by atoms with van der Waals surface area (Å²) in [6, 6.07) is -1.24. The van der Waals surface area contributed by atoms with Crippen molar-refractivity contribution in [3.05, 3.63) is 0 Å². The van der Waals surface area contributed by atoms with E-state index < -0.39 is 23.9 Å². The number of hydrogen-bond donors (Lipinski definition) is 2. The molecule has 3 atom stereocenters. The lowest BCUT2D eigenvalue weighted by atomic mass is 9.92. The molecule has 1 heterocycles. The van der Waals surface area contributed by atoms with Crippen LogP contribution in [0.4, 0.5) is 4.79 Å². The number of urea groups is 1. The second kappa shape index (κ2) is 7.12. The van der Waals surface area contributed by atoms with Gasteiger partial charge in [0.15, 0.2) is 0 Å². The van der Waals surface area contributed by atoms with Crippen molar-refractivity contribution in [2.45, 2.75) is 45.7 Å². The highest BCUT2D eigenvalue weighted by Crippen LogP contribution is 2.23. The number of rotatable bonds is 4. The number of likely N-dealkylation sites (tertiary alicyclic amines) is 1. The number of carbonyl (C=O) groups excluding carboxylic acids is 2. The number of aliphatic carboxylic acids is 1. The number of carbonyl (C=O) groups is 3. The summed E-state index contributed by atoms with van der Waals surface area (Å²) in [5.74, 6) is -1.71. The number of carboxylic acid groups (broad SMARTS) is 1. The maximum Gasteiger partial charge on any atom is 0.328 e. The van der Waals surface area contributed by atoms with Crippen LogP contribution in [0.5, 0.6) is 0 Å². The van der Waals surface area contributed by atoms with Crippen molar-refractivity contribution in [3.63, 3.8) is 0 Å². The van der Waals surface area contributed by atoms with Crippen molar-refractivity contribution in [1.29, 1.82) is 0 Å². The van der Waals surface area contributed by atoms with E-state index in [9.17, 15) is 14.4 Å². The van der Waals surface area contributed by atoms with Crippen molar-refractivity contribution in [3.8, 4) is 0 Å². The van der Waals surface area contributed by atoms with Gasteiger partial charge in [0.25, 0.3) is 0 Å². The lowest BCUT2D eigenvalue weighted by molar-refractivity contribution is -0.145. The van der Waals surface area contributed by atoms with Crippen LogP contribution in [0, 0.1) is 5.92 Å². The minimum atomic E-state index is -0.822. The van der Waals surface area contributed by atoms with E-state index in [4.69, 9.17) is 9.84 Å². The summed E-state index contributed by atoms with van der Waals surface area (Å²) < 4.78 is 4.82. The summed E-state index contributed by atoms with van der Waals surface area (Å²) >= 11 is 0. The number of nitrogens with zero attached hydrogens (tertiary/aromatic N) is 1. The second-order valence-electron chi connectivity index (χ2n) is 5.03. The minimum Gasteiger partial charge on any atom is -0.481 e. The van der Waals surface area contributed by atoms with Crippen LogP contribution in [0.3, 0.4) is 0 Å². The van der Waals surface area contributed by atoms with E-state index in [1.807, 2.05) is 6.92 Å². The zero-order valence-corrected chi connectivity index (χ0v) is 12.1. The van der Waals surface area contributed by atoms with Gasteiger partial charge in [-0.3, -0.25) is 4.79 Å². The molecule has 0 aromatic rings. The van der Waals surface area contributed by atoms with Crippen LogP contribution in [-0.2, 0) is 14.3 Å². The second-order valence-corrected chi connectivity index (χ2v) is 5.03. The molecule has 20 heavy (non-hydrogen) atoms. The Morgan fingerprint density at radius 1 is 1.45 bits per heavy atom. The highest BCUT2D eigenvalue weighted by atomic mass is 16.5. The van der Waals surface area contributed by atoms with Gasteiger partial charge in [-0.05, 0) is 33.6 Å². The summed E-state index contributed by atoms with van der Waals surface area (Å²) in [5, 5.41) is 11.6.